The van der Waals surface area contributed by atoms with Crippen LogP contribution in [0.25, 0.3) is 17.3 Å². The van der Waals surface area contributed by atoms with Gasteiger partial charge in [-0.25, -0.2) is 9.97 Å². The number of rotatable bonds is 7. The molecule has 6 nitrogen and oxygen atoms in total. The smallest absolute Gasteiger partial charge is 0.237 e. The van der Waals surface area contributed by atoms with Crippen LogP contribution in [0.4, 0.5) is 17.3 Å². The zero-order valence-electron chi connectivity index (χ0n) is 14.0. The fourth-order valence-electron chi connectivity index (χ4n) is 2.48. The van der Waals surface area contributed by atoms with E-state index >= 15 is 0 Å². The molecule has 3 rings (SSSR count). The minimum atomic E-state index is 0.264. The van der Waals surface area contributed by atoms with E-state index in [2.05, 4.69) is 33.4 Å². The molecule has 0 radical (unpaired) electrons. The van der Waals surface area contributed by atoms with Crippen LogP contribution in [-0.4, -0.2) is 21.4 Å². The van der Waals surface area contributed by atoms with Gasteiger partial charge in [-0.2, -0.15) is 0 Å². The minimum Gasteiger partial charge on any atom is -0.362 e. The van der Waals surface area contributed by atoms with Gasteiger partial charge in [0.15, 0.2) is 0 Å². The summed E-state index contributed by atoms with van der Waals surface area (Å²) in [5, 5.41) is 3.00. The first-order chi connectivity index (χ1) is 12.8. The lowest BCUT2D eigenvalue weighted by Crippen LogP contribution is -2.18. The number of hydrogen-bond acceptors (Lipinski definition) is 5. The number of nitrogens with one attached hydrogen (secondary N) is 1. The van der Waals surface area contributed by atoms with Crippen molar-refractivity contribution < 1.29 is 4.79 Å². The van der Waals surface area contributed by atoms with Gasteiger partial charge in [0.2, 0.25) is 12.4 Å². The molecule has 1 amide bonds. The maximum Gasteiger partial charge on any atom is 0.237 e. The highest BCUT2D eigenvalue weighted by Gasteiger charge is 2.16. The standard InChI is InChI=1S/C20H17N5O/c1-3-15-7-8-17(22-4-2)12-19(15)25(14-26)20-23-11-9-18(24-20)16-6-5-10-21-13-16/h3-14,22H,1-2H2. The third-order valence-corrected chi connectivity index (χ3v) is 3.70. The molecule has 0 saturated carbocycles. The van der Waals surface area contributed by atoms with E-state index in [0.29, 0.717) is 17.8 Å². The molecule has 0 saturated heterocycles. The molecule has 128 valence electrons. The SMILES string of the molecule is C=CNc1ccc(C=C)c(N(C=O)c2nccc(-c3cccnc3)n2)c1. The summed E-state index contributed by atoms with van der Waals surface area (Å²) >= 11 is 0. The van der Waals surface area contributed by atoms with Gasteiger partial charge < -0.3 is 5.32 Å². The van der Waals surface area contributed by atoms with Crippen LogP contribution in [0, 0.1) is 0 Å². The van der Waals surface area contributed by atoms with Crippen LogP contribution in [0.1, 0.15) is 5.56 Å². The van der Waals surface area contributed by atoms with Crippen LogP contribution in [0.5, 0.6) is 0 Å². The molecule has 0 aliphatic carbocycles. The van der Waals surface area contributed by atoms with Gasteiger partial charge in [-0.1, -0.05) is 25.3 Å². The van der Waals surface area contributed by atoms with Crippen molar-refractivity contribution in [3.05, 3.63) is 79.9 Å². The van der Waals surface area contributed by atoms with Gasteiger partial charge in [0, 0.05) is 29.8 Å². The number of aromatic nitrogens is 3. The maximum atomic E-state index is 11.8. The summed E-state index contributed by atoms with van der Waals surface area (Å²) in [6.45, 7) is 7.46. The second-order valence-electron chi connectivity index (χ2n) is 5.29. The van der Waals surface area contributed by atoms with Gasteiger partial charge in [0.05, 0.1) is 11.4 Å². The zero-order valence-corrected chi connectivity index (χ0v) is 14.0. The van der Waals surface area contributed by atoms with Crippen molar-refractivity contribution in [2.24, 2.45) is 0 Å². The third kappa shape index (κ3) is 3.49. The molecule has 6 heteroatoms. The molecule has 1 N–H and O–H groups in total. The molecule has 0 atom stereocenters. The number of pyridine rings is 1. The first-order valence-electron chi connectivity index (χ1n) is 7.88. The van der Waals surface area contributed by atoms with Crippen molar-refractivity contribution in [2.45, 2.75) is 0 Å². The first-order valence-corrected chi connectivity index (χ1v) is 7.88. The molecule has 2 aromatic heterocycles. The number of amides is 1. The predicted octanol–water partition coefficient (Wildman–Crippen LogP) is 4.03. The van der Waals surface area contributed by atoms with E-state index in [-0.39, 0.29) is 5.95 Å². The fourth-order valence-corrected chi connectivity index (χ4v) is 2.48. The van der Waals surface area contributed by atoms with Crippen molar-refractivity contribution in [3.63, 3.8) is 0 Å². The Kier molecular flexibility index (Phi) is 5.14. The highest BCUT2D eigenvalue weighted by Crippen LogP contribution is 2.30. The molecule has 3 aromatic rings. The van der Waals surface area contributed by atoms with E-state index in [1.165, 1.54) is 4.90 Å². The summed E-state index contributed by atoms with van der Waals surface area (Å²) in [6, 6.07) is 11.0. The van der Waals surface area contributed by atoms with E-state index in [9.17, 15) is 4.79 Å². The molecule has 26 heavy (non-hydrogen) atoms. The van der Waals surface area contributed by atoms with Crippen LogP contribution < -0.4 is 10.2 Å². The average Bonchev–Trinajstić information content (AvgIpc) is 2.70. The second kappa shape index (κ2) is 7.85. The van der Waals surface area contributed by atoms with Crippen LogP contribution in [0.15, 0.2) is 74.3 Å². The van der Waals surface area contributed by atoms with Gasteiger partial charge >= 0.3 is 0 Å². The molecular formula is C20H17N5O. The average molecular weight is 343 g/mol. The van der Waals surface area contributed by atoms with Crippen molar-refractivity contribution >= 4 is 29.8 Å². The van der Waals surface area contributed by atoms with Gasteiger partial charge in [0.25, 0.3) is 0 Å². The number of benzene rings is 1. The van der Waals surface area contributed by atoms with E-state index < -0.39 is 0 Å². The van der Waals surface area contributed by atoms with E-state index in [4.69, 9.17) is 0 Å². The Hall–Kier alpha value is -3.80. The molecular weight excluding hydrogens is 326 g/mol. The molecule has 0 unspecified atom stereocenters. The lowest BCUT2D eigenvalue weighted by atomic mass is 10.1. The van der Waals surface area contributed by atoms with Gasteiger partial charge in [-0.15, -0.1) is 0 Å². The summed E-state index contributed by atoms with van der Waals surface area (Å²) in [5.74, 6) is 0.264. The normalized spacial score (nSPS) is 10.0. The Morgan fingerprint density at radius 1 is 1.12 bits per heavy atom. The van der Waals surface area contributed by atoms with Crippen molar-refractivity contribution in [1.82, 2.24) is 15.0 Å². The van der Waals surface area contributed by atoms with Crippen molar-refractivity contribution in [1.29, 1.82) is 0 Å². The quantitative estimate of drug-likeness (QED) is 0.656. The number of nitrogens with zero attached hydrogens (tertiary/aromatic N) is 4. The van der Waals surface area contributed by atoms with Crippen LogP contribution >= 0.6 is 0 Å². The lowest BCUT2D eigenvalue weighted by Gasteiger charge is -2.19. The minimum absolute atomic E-state index is 0.264. The largest absolute Gasteiger partial charge is 0.362 e. The Morgan fingerprint density at radius 3 is 2.69 bits per heavy atom. The van der Waals surface area contributed by atoms with E-state index in [1.807, 2.05) is 30.3 Å². The molecule has 1 aromatic carbocycles. The summed E-state index contributed by atoms with van der Waals surface area (Å²) in [4.78, 5) is 26.1. The molecule has 0 spiro atoms. The van der Waals surface area contributed by atoms with Gasteiger partial charge in [-0.05, 0) is 42.1 Å². The lowest BCUT2D eigenvalue weighted by molar-refractivity contribution is -0.106. The Labute approximate surface area is 151 Å². The predicted molar refractivity (Wildman–Crippen MR) is 104 cm³/mol. The van der Waals surface area contributed by atoms with Crippen LogP contribution in [0.2, 0.25) is 0 Å². The van der Waals surface area contributed by atoms with Gasteiger partial charge in [-0.3, -0.25) is 14.7 Å². The summed E-state index contributed by atoms with van der Waals surface area (Å²) in [6.07, 6.45) is 8.94. The summed E-state index contributed by atoms with van der Waals surface area (Å²) in [5.41, 5.74) is 3.70. The zero-order chi connectivity index (χ0) is 18.4. The summed E-state index contributed by atoms with van der Waals surface area (Å²) < 4.78 is 0. The fraction of sp³-hybridized carbons (Fsp3) is 0. The monoisotopic (exact) mass is 343 g/mol. The second-order valence-corrected chi connectivity index (χ2v) is 5.29. The number of anilines is 3. The highest BCUT2D eigenvalue weighted by atomic mass is 16.1. The van der Waals surface area contributed by atoms with E-state index in [1.54, 1.807) is 36.9 Å². The van der Waals surface area contributed by atoms with Crippen LogP contribution in [-0.2, 0) is 4.79 Å². The summed E-state index contributed by atoms with van der Waals surface area (Å²) in [7, 11) is 0. The number of carbonyl (C=O) groups is 1. The van der Waals surface area contributed by atoms with Gasteiger partial charge in [0.1, 0.15) is 0 Å². The molecule has 2 heterocycles. The Morgan fingerprint density at radius 2 is 2.00 bits per heavy atom. The van der Waals surface area contributed by atoms with Crippen molar-refractivity contribution in [3.8, 4) is 11.3 Å². The number of carbonyl (C=O) groups excluding carboxylic acids is 1. The third-order valence-electron chi connectivity index (χ3n) is 3.70. The molecule has 0 bridgehead atoms. The topological polar surface area (TPSA) is 71.0 Å². The molecule has 0 fully saturated rings. The molecule has 0 aliphatic rings. The molecule has 0 aliphatic heterocycles. The Bertz CT molecular complexity index is 940. The first kappa shape index (κ1) is 17.0. The van der Waals surface area contributed by atoms with Crippen molar-refractivity contribution in [2.75, 3.05) is 10.2 Å². The van der Waals surface area contributed by atoms with Crippen LogP contribution in [0.3, 0.4) is 0 Å². The number of hydrogen-bond donors (Lipinski definition) is 1. The Balaban J connectivity index is 2.07. The maximum absolute atomic E-state index is 11.8. The highest BCUT2D eigenvalue weighted by molar-refractivity contribution is 5.89. The van der Waals surface area contributed by atoms with E-state index in [0.717, 1.165) is 16.8 Å².